The van der Waals surface area contributed by atoms with Crippen LogP contribution < -0.4 is 5.32 Å². The summed E-state index contributed by atoms with van der Waals surface area (Å²) >= 11 is 0. The summed E-state index contributed by atoms with van der Waals surface area (Å²) in [7, 11) is 0. The minimum atomic E-state index is -0.181. The Kier molecular flexibility index (Phi) is 4.42. The van der Waals surface area contributed by atoms with Crippen LogP contribution in [0.5, 0.6) is 0 Å². The molecule has 0 radical (unpaired) electrons. The zero-order valence-corrected chi connectivity index (χ0v) is 14.0. The van der Waals surface area contributed by atoms with Crippen LogP contribution in [0.4, 0.5) is 5.69 Å². The van der Waals surface area contributed by atoms with Crippen LogP contribution in [0, 0.1) is 6.92 Å². The number of pyridine rings is 1. The molecule has 0 atom stereocenters. The number of hydrogen-bond acceptors (Lipinski definition) is 3. The highest BCUT2D eigenvalue weighted by Crippen LogP contribution is 2.15. The van der Waals surface area contributed by atoms with E-state index in [9.17, 15) is 4.79 Å². The van der Waals surface area contributed by atoms with E-state index in [0.29, 0.717) is 17.4 Å². The highest BCUT2D eigenvalue weighted by molar-refractivity contribution is 6.01. The van der Waals surface area contributed by atoms with Crippen LogP contribution in [0.15, 0.2) is 48.7 Å². The van der Waals surface area contributed by atoms with Crippen LogP contribution in [0.1, 0.15) is 36.7 Å². The first-order valence-corrected chi connectivity index (χ1v) is 7.93. The molecule has 0 saturated heterocycles. The van der Waals surface area contributed by atoms with Gasteiger partial charge in [-0.05, 0) is 42.2 Å². The number of nitrogens with zero attached hydrogens (tertiary/aromatic N) is 3. The minimum absolute atomic E-state index is 0.181. The Balaban J connectivity index is 1.67. The van der Waals surface area contributed by atoms with Gasteiger partial charge >= 0.3 is 0 Å². The molecule has 1 N–H and O–H groups in total. The molecule has 3 rings (SSSR count). The predicted octanol–water partition coefficient (Wildman–Crippen LogP) is 3.81. The number of rotatable bonds is 4. The predicted molar refractivity (Wildman–Crippen MR) is 95.9 cm³/mol. The smallest absolute Gasteiger partial charge is 0.248 e. The monoisotopic (exact) mass is 320 g/mol. The summed E-state index contributed by atoms with van der Waals surface area (Å²) in [6.07, 6.45) is 5.08. The van der Waals surface area contributed by atoms with Crippen molar-refractivity contribution in [2.75, 3.05) is 5.32 Å². The second kappa shape index (κ2) is 6.66. The Labute approximate surface area is 141 Å². The van der Waals surface area contributed by atoms with E-state index < -0.39 is 0 Å². The number of carbonyl (C=O) groups is 1. The second-order valence-electron chi connectivity index (χ2n) is 6.02. The number of benzene rings is 1. The van der Waals surface area contributed by atoms with Gasteiger partial charge in [0.05, 0.1) is 11.9 Å². The summed E-state index contributed by atoms with van der Waals surface area (Å²) in [4.78, 5) is 16.3. The molecule has 0 aliphatic heterocycles. The average molecular weight is 320 g/mol. The number of fused-ring (bicyclic) bond motifs is 1. The molecule has 1 amide bonds. The molecule has 0 aliphatic carbocycles. The van der Waals surface area contributed by atoms with Crippen molar-refractivity contribution < 1.29 is 4.79 Å². The molecule has 0 fully saturated rings. The molecule has 0 bridgehead atoms. The van der Waals surface area contributed by atoms with Crippen molar-refractivity contribution in [3.63, 3.8) is 0 Å². The van der Waals surface area contributed by atoms with E-state index in [1.807, 2.05) is 31.2 Å². The second-order valence-corrected chi connectivity index (χ2v) is 6.02. The lowest BCUT2D eigenvalue weighted by Crippen LogP contribution is -2.08. The molecule has 0 saturated carbocycles. The first kappa shape index (κ1) is 15.9. The molecule has 2 heterocycles. The summed E-state index contributed by atoms with van der Waals surface area (Å²) in [5.41, 5.74) is 3.72. The fourth-order valence-corrected chi connectivity index (χ4v) is 2.42. The zero-order chi connectivity index (χ0) is 17.1. The van der Waals surface area contributed by atoms with Gasteiger partial charge in [-0.25, -0.2) is 9.50 Å². The molecule has 0 aliphatic rings. The van der Waals surface area contributed by atoms with Gasteiger partial charge in [-0.1, -0.05) is 38.1 Å². The van der Waals surface area contributed by atoms with Crippen LogP contribution in [-0.2, 0) is 4.79 Å². The molecule has 5 nitrogen and oxygen atoms in total. The molecule has 5 heteroatoms. The lowest BCUT2D eigenvalue weighted by molar-refractivity contribution is -0.111. The molecular formula is C19H20N4O. The number of aromatic nitrogens is 3. The van der Waals surface area contributed by atoms with E-state index in [0.717, 1.165) is 11.2 Å². The highest BCUT2D eigenvalue weighted by atomic mass is 16.1. The number of carbonyl (C=O) groups excluding carboxylic acids is 1. The van der Waals surface area contributed by atoms with E-state index in [1.165, 1.54) is 11.6 Å². The normalized spacial score (nSPS) is 11.5. The third kappa shape index (κ3) is 3.68. The first-order chi connectivity index (χ1) is 11.5. The SMILES string of the molecule is Cc1nc2ccc(NC(=O)/C=C/c3ccc(C(C)C)cc3)cn2n1. The van der Waals surface area contributed by atoms with Crippen LogP contribution in [0.2, 0.25) is 0 Å². The number of nitrogens with one attached hydrogen (secondary N) is 1. The van der Waals surface area contributed by atoms with Crippen LogP contribution in [0.25, 0.3) is 11.7 Å². The van der Waals surface area contributed by atoms with Crippen molar-refractivity contribution in [2.45, 2.75) is 26.7 Å². The van der Waals surface area contributed by atoms with Crippen molar-refractivity contribution in [1.29, 1.82) is 0 Å². The summed E-state index contributed by atoms with van der Waals surface area (Å²) in [5, 5.41) is 7.06. The third-order valence-electron chi connectivity index (χ3n) is 3.73. The van der Waals surface area contributed by atoms with Crippen LogP contribution >= 0.6 is 0 Å². The standard InChI is InChI=1S/C19H20N4O/c1-13(2)16-7-4-15(5-8-16)6-11-19(24)21-17-9-10-18-20-14(3)22-23(18)12-17/h4-13H,1-3H3,(H,21,24)/b11-6+. The maximum atomic E-state index is 12.1. The van der Waals surface area contributed by atoms with Crippen LogP contribution in [0.3, 0.4) is 0 Å². The number of amides is 1. The fourth-order valence-electron chi connectivity index (χ4n) is 2.42. The lowest BCUT2D eigenvalue weighted by Gasteiger charge is -2.05. The highest BCUT2D eigenvalue weighted by Gasteiger charge is 2.03. The molecule has 122 valence electrons. The number of aryl methyl sites for hydroxylation is 1. The average Bonchev–Trinajstić information content (AvgIpc) is 2.92. The molecular weight excluding hydrogens is 300 g/mol. The van der Waals surface area contributed by atoms with Gasteiger partial charge in [0.2, 0.25) is 5.91 Å². The maximum absolute atomic E-state index is 12.1. The molecule has 2 aromatic heterocycles. The fraction of sp³-hybridized carbons (Fsp3) is 0.211. The molecule has 1 aromatic carbocycles. The summed E-state index contributed by atoms with van der Waals surface area (Å²) < 4.78 is 1.65. The van der Waals surface area contributed by atoms with E-state index >= 15 is 0 Å². The third-order valence-corrected chi connectivity index (χ3v) is 3.73. The van der Waals surface area contributed by atoms with Gasteiger partial charge in [0.1, 0.15) is 5.82 Å². The Morgan fingerprint density at radius 1 is 1.17 bits per heavy atom. The summed E-state index contributed by atoms with van der Waals surface area (Å²) in [5.74, 6) is 1.02. The van der Waals surface area contributed by atoms with Gasteiger partial charge < -0.3 is 5.32 Å². The first-order valence-electron chi connectivity index (χ1n) is 7.93. The van der Waals surface area contributed by atoms with Crippen LogP contribution in [-0.4, -0.2) is 20.5 Å². The zero-order valence-electron chi connectivity index (χ0n) is 14.0. The molecule has 0 unspecified atom stereocenters. The van der Waals surface area contributed by atoms with E-state index in [-0.39, 0.29) is 5.91 Å². The largest absolute Gasteiger partial charge is 0.321 e. The Hall–Kier alpha value is -2.95. The quantitative estimate of drug-likeness (QED) is 0.744. The van der Waals surface area contributed by atoms with E-state index in [4.69, 9.17) is 0 Å². The van der Waals surface area contributed by atoms with E-state index in [2.05, 4.69) is 41.4 Å². The van der Waals surface area contributed by atoms with Gasteiger partial charge in [-0.15, -0.1) is 0 Å². The minimum Gasteiger partial charge on any atom is -0.321 e. The van der Waals surface area contributed by atoms with Crippen molar-refractivity contribution in [1.82, 2.24) is 14.6 Å². The summed E-state index contributed by atoms with van der Waals surface area (Å²) in [6, 6.07) is 11.8. The van der Waals surface area contributed by atoms with Gasteiger partial charge in [-0.3, -0.25) is 4.79 Å². The van der Waals surface area contributed by atoms with Crippen molar-refractivity contribution in [3.05, 3.63) is 65.6 Å². The van der Waals surface area contributed by atoms with Gasteiger partial charge in [0.25, 0.3) is 0 Å². The Bertz CT molecular complexity index is 891. The summed E-state index contributed by atoms with van der Waals surface area (Å²) in [6.45, 7) is 6.15. The van der Waals surface area contributed by atoms with Gasteiger partial charge in [-0.2, -0.15) is 5.10 Å². The van der Waals surface area contributed by atoms with Crippen molar-refractivity contribution in [3.8, 4) is 0 Å². The Morgan fingerprint density at radius 2 is 1.92 bits per heavy atom. The maximum Gasteiger partial charge on any atom is 0.248 e. The van der Waals surface area contributed by atoms with E-state index in [1.54, 1.807) is 16.8 Å². The number of anilines is 1. The topological polar surface area (TPSA) is 59.3 Å². The van der Waals surface area contributed by atoms with Gasteiger partial charge in [0.15, 0.2) is 5.65 Å². The molecule has 24 heavy (non-hydrogen) atoms. The molecule has 0 spiro atoms. The van der Waals surface area contributed by atoms with Crippen molar-refractivity contribution in [2.24, 2.45) is 0 Å². The number of hydrogen-bond donors (Lipinski definition) is 1. The Morgan fingerprint density at radius 3 is 2.62 bits per heavy atom. The molecule has 3 aromatic rings. The van der Waals surface area contributed by atoms with Gasteiger partial charge in [0, 0.05) is 6.08 Å². The lowest BCUT2D eigenvalue weighted by atomic mass is 10.0. The van der Waals surface area contributed by atoms with Crippen molar-refractivity contribution >= 4 is 23.3 Å².